The van der Waals surface area contributed by atoms with Gasteiger partial charge in [0.1, 0.15) is 5.82 Å². The fraction of sp³-hybridized carbons (Fsp3) is 0. The Morgan fingerprint density at radius 3 is 2.94 bits per heavy atom. The van der Waals surface area contributed by atoms with E-state index in [1.807, 2.05) is 12.1 Å². The van der Waals surface area contributed by atoms with Gasteiger partial charge in [-0.05, 0) is 12.1 Å². The molecule has 3 aromatic rings. The van der Waals surface area contributed by atoms with Gasteiger partial charge >= 0.3 is 0 Å². The Kier molecular flexibility index (Phi) is 2.27. The number of H-pyrrole nitrogens is 1. The molecule has 0 fully saturated rings. The lowest BCUT2D eigenvalue weighted by Crippen LogP contribution is -2.11. The molecule has 0 aliphatic heterocycles. The average molecular weight is 259 g/mol. The molecular formula is C11H9N5OS. The highest BCUT2D eigenvalue weighted by Gasteiger charge is 2.14. The number of fused-ring (bicyclic) bond motifs is 1. The molecular weight excluding hydrogens is 250 g/mol. The van der Waals surface area contributed by atoms with Crippen molar-refractivity contribution >= 4 is 33.1 Å². The van der Waals surface area contributed by atoms with Gasteiger partial charge in [0.05, 0.1) is 20.8 Å². The zero-order valence-corrected chi connectivity index (χ0v) is 9.99. The number of hydrogen-bond donors (Lipinski definition) is 3. The number of nitrogens with two attached hydrogens (primary N) is 2. The molecule has 7 heteroatoms. The summed E-state index contributed by atoms with van der Waals surface area (Å²) in [5, 5.41) is 7.49. The molecule has 0 saturated carbocycles. The smallest absolute Gasteiger partial charge is 0.251 e. The van der Waals surface area contributed by atoms with Crippen LogP contribution in [0.4, 0.5) is 5.82 Å². The third-order valence-electron chi connectivity index (χ3n) is 2.62. The van der Waals surface area contributed by atoms with Gasteiger partial charge in [0, 0.05) is 17.8 Å². The van der Waals surface area contributed by atoms with Crippen molar-refractivity contribution in [2.24, 2.45) is 5.73 Å². The Labute approximate surface area is 106 Å². The third kappa shape index (κ3) is 1.52. The first kappa shape index (κ1) is 10.7. The van der Waals surface area contributed by atoms with Gasteiger partial charge in [-0.15, -0.1) is 11.3 Å². The molecule has 0 bridgehead atoms. The fourth-order valence-corrected chi connectivity index (χ4v) is 2.90. The summed E-state index contributed by atoms with van der Waals surface area (Å²) < 4.78 is 0.750. The number of aromatic nitrogens is 3. The highest BCUT2D eigenvalue weighted by Crippen LogP contribution is 2.36. The van der Waals surface area contributed by atoms with Gasteiger partial charge in [-0.3, -0.25) is 9.89 Å². The SMILES string of the molecule is NC(=O)c1cnc(N)c2cc(-c3ccn[nH]3)sc12. The van der Waals surface area contributed by atoms with Gasteiger partial charge in [0.2, 0.25) is 0 Å². The zero-order chi connectivity index (χ0) is 12.7. The van der Waals surface area contributed by atoms with Crippen molar-refractivity contribution in [3.63, 3.8) is 0 Å². The first-order valence-electron chi connectivity index (χ1n) is 5.14. The number of pyridine rings is 1. The van der Waals surface area contributed by atoms with E-state index in [2.05, 4.69) is 15.2 Å². The van der Waals surface area contributed by atoms with Crippen molar-refractivity contribution in [1.82, 2.24) is 15.2 Å². The summed E-state index contributed by atoms with van der Waals surface area (Å²) in [7, 11) is 0. The van der Waals surface area contributed by atoms with Crippen LogP contribution in [0.15, 0.2) is 24.5 Å². The van der Waals surface area contributed by atoms with Crippen molar-refractivity contribution in [1.29, 1.82) is 0 Å². The van der Waals surface area contributed by atoms with Crippen LogP contribution in [0.5, 0.6) is 0 Å². The number of primary amides is 1. The third-order valence-corrected chi connectivity index (χ3v) is 3.82. The number of rotatable bonds is 2. The fourth-order valence-electron chi connectivity index (χ4n) is 1.74. The molecule has 3 heterocycles. The first-order chi connectivity index (χ1) is 8.66. The zero-order valence-electron chi connectivity index (χ0n) is 9.18. The van der Waals surface area contributed by atoms with E-state index in [0.29, 0.717) is 11.4 Å². The summed E-state index contributed by atoms with van der Waals surface area (Å²) in [5.74, 6) is -0.123. The summed E-state index contributed by atoms with van der Waals surface area (Å²) in [6.07, 6.45) is 3.07. The molecule has 0 atom stereocenters. The Morgan fingerprint density at radius 2 is 2.28 bits per heavy atom. The number of anilines is 1. The average Bonchev–Trinajstić information content (AvgIpc) is 2.97. The standard InChI is InChI=1S/C11H9N5OS/c12-10-5-3-8(7-1-2-15-16-7)18-9(5)6(4-14-10)11(13)17/h1-4H,(H2,12,14)(H2,13,17)(H,15,16). The topological polar surface area (TPSA) is 111 Å². The summed E-state index contributed by atoms with van der Waals surface area (Å²) in [6.45, 7) is 0. The Bertz CT molecular complexity index is 731. The van der Waals surface area contributed by atoms with Crippen molar-refractivity contribution in [2.45, 2.75) is 0 Å². The second kappa shape index (κ2) is 3.81. The second-order valence-corrected chi connectivity index (χ2v) is 4.80. The first-order valence-corrected chi connectivity index (χ1v) is 5.96. The lowest BCUT2D eigenvalue weighted by Gasteiger charge is -1.99. The summed E-state index contributed by atoms with van der Waals surface area (Å²) in [6, 6.07) is 3.72. The van der Waals surface area contributed by atoms with E-state index in [0.717, 1.165) is 20.7 Å². The number of thiophene rings is 1. The number of carbonyl (C=O) groups excluding carboxylic acids is 1. The summed E-state index contributed by atoms with van der Waals surface area (Å²) in [5.41, 5.74) is 12.4. The maximum Gasteiger partial charge on any atom is 0.251 e. The van der Waals surface area contributed by atoms with Gasteiger partial charge in [0.25, 0.3) is 5.91 Å². The van der Waals surface area contributed by atoms with Gasteiger partial charge in [-0.1, -0.05) is 0 Å². The van der Waals surface area contributed by atoms with Crippen LogP contribution in [0.1, 0.15) is 10.4 Å². The highest BCUT2D eigenvalue weighted by molar-refractivity contribution is 7.22. The lowest BCUT2D eigenvalue weighted by atomic mass is 10.2. The number of nitrogens with zero attached hydrogens (tertiary/aromatic N) is 2. The molecule has 0 radical (unpaired) electrons. The van der Waals surface area contributed by atoms with Crippen molar-refractivity contribution in [3.05, 3.63) is 30.1 Å². The molecule has 6 nitrogen and oxygen atoms in total. The van der Waals surface area contributed by atoms with Crippen LogP contribution in [0, 0.1) is 0 Å². The van der Waals surface area contributed by atoms with E-state index in [1.165, 1.54) is 17.5 Å². The van der Waals surface area contributed by atoms with E-state index in [4.69, 9.17) is 11.5 Å². The van der Waals surface area contributed by atoms with Crippen molar-refractivity contribution in [3.8, 4) is 10.6 Å². The van der Waals surface area contributed by atoms with Gasteiger partial charge in [-0.25, -0.2) is 4.98 Å². The maximum atomic E-state index is 11.3. The quantitative estimate of drug-likeness (QED) is 0.645. The van der Waals surface area contributed by atoms with Gasteiger partial charge in [0.15, 0.2) is 0 Å². The summed E-state index contributed by atoms with van der Waals surface area (Å²) >= 11 is 1.43. The monoisotopic (exact) mass is 259 g/mol. The Morgan fingerprint density at radius 1 is 1.44 bits per heavy atom. The van der Waals surface area contributed by atoms with E-state index < -0.39 is 5.91 Å². The van der Waals surface area contributed by atoms with Crippen LogP contribution >= 0.6 is 11.3 Å². The normalized spacial score (nSPS) is 10.9. The maximum absolute atomic E-state index is 11.3. The summed E-state index contributed by atoms with van der Waals surface area (Å²) in [4.78, 5) is 16.3. The predicted octanol–water partition coefficient (Wildman–Crippen LogP) is 1.37. The second-order valence-electron chi connectivity index (χ2n) is 3.75. The number of nitrogens with one attached hydrogen (secondary N) is 1. The van der Waals surface area contributed by atoms with E-state index in [9.17, 15) is 4.79 Å². The molecule has 0 unspecified atom stereocenters. The molecule has 90 valence electrons. The van der Waals surface area contributed by atoms with Crippen LogP contribution < -0.4 is 11.5 Å². The minimum Gasteiger partial charge on any atom is -0.383 e. The number of amides is 1. The number of carbonyl (C=O) groups is 1. The van der Waals surface area contributed by atoms with Crippen LogP contribution in [0.25, 0.3) is 20.7 Å². The van der Waals surface area contributed by atoms with Crippen LogP contribution in [-0.4, -0.2) is 21.1 Å². The number of nitrogen functional groups attached to an aromatic ring is 1. The molecule has 0 aromatic carbocycles. The van der Waals surface area contributed by atoms with E-state index >= 15 is 0 Å². The molecule has 0 aliphatic rings. The molecule has 18 heavy (non-hydrogen) atoms. The van der Waals surface area contributed by atoms with Crippen LogP contribution in [-0.2, 0) is 0 Å². The Balaban J connectivity index is 2.31. The highest BCUT2D eigenvalue weighted by atomic mass is 32.1. The van der Waals surface area contributed by atoms with E-state index in [-0.39, 0.29) is 0 Å². The predicted molar refractivity (Wildman–Crippen MR) is 70.1 cm³/mol. The molecule has 3 rings (SSSR count). The lowest BCUT2D eigenvalue weighted by molar-refractivity contribution is 0.100. The molecule has 5 N–H and O–H groups in total. The van der Waals surface area contributed by atoms with Crippen LogP contribution in [0.2, 0.25) is 0 Å². The number of aromatic amines is 1. The van der Waals surface area contributed by atoms with E-state index in [1.54, 1.807) is 6.20 Å². The molecule has 0 saturated heterocycles. The van der Waals surface area contributed by atoms with Gasteiger partial charge in [-0.2, -0.15) is 5.10 Å². The molecule has 1 amide bonds. The van der Waals surface area contributed by atoms with Gasteiger partial charge < -0.3 is 11.5 Å². The number of hydrogen-bond acceptors (Lipinski definition) is 5. The Hall–Kier alpha value is -2.41. The minimum atomic E-state index is -0.509. The molecule has 3 aromatic heterocycles. The molecule has 0 spiro atoms. The van der Waals surface area contributed by atoms with Crippen molar-refractivity contribution < 1.29 is 4.79 Å². The molecule has 0 aliphatic carbocycles. The largest absolute Gasteiger partial charge is 0.383 e. The van der Waals surface area contributed by atoms with Crippen molar-refractivity contribution in [2.75, 3.05) is 5.73 Å². The minimum absolute atomic E-state index is 0.384. The van der Waals surface area contributed by atoms with Crippen LogP contribution in [0.3, 0.4) is 0 Å².